The molecule has 0 aliphatic rings. The maximum Gasteiger partial charge on any atom is 0.267 e. The minimum atomic E-state index is -4.19. The normalized spacial score (nSPS) is 12.6. The Labute approximate surface area is 139 Å². The molecule has 11 heteroatoms. The van der Waals surface area contributed by atoms with Crippen LogP contribution in [0.15, 0.2) is 32.5 Å². The van der Waals surface area contributed by atoms with E-state index in [0.717, 1.165) is 22.5 Å². The van der Waals surface area contributed by atoms with Crippen LogP contribution in [0.2, 0.25) is 0 Å². The first-order chi connectivity index (χ1) is 11.0. The lowest BCUT2D eigenvalue weighted by Crippen LogP contribution is -2.22. The van der Waals surface area contributed by atoms with E-state index >= 15 is 0 Å². The molecule has 1 N–H and O–H groups in total. The van der Waals surface area contributed by atoms with Gasteiger partial charge in [0.1, 0.15) is 11.5 Å². The lowest BCUT2D eigenvalue weighted by Gasteiger charge is -2.14. The molecule has 1 heterocycles. The first-order valence-corrected chi connectivity index (χ1v) is 9.57. The summed E-state index contributed by atoms with van der Waals surface area (Å²) in [5, 5.41) is 3.54. The second kappa shape index (κ2) is 6.15. The van der Waals surface area contributed by atoms with Gasteiger partial charge in [-0.25, -0.2) is 25.5 Å². The summed E-state index contributed by atoms with van der Waals surface area (Å²) in [5.41, 5.74) is -0.379. The van der Waals surface area contributed by atoms with Gasteiger partial charge >= 0.3 is 0 Å². The first kappa shape index (κ1) is 18.4. The summed E-state index contributed by atoms with van der Waals surface area (Å²) >= 11 is 0. The predicted octanol–water partition coefficient (Wildman–Crippen LogP) is 1.48. The van der Waals surface area contributed by atoms with Crippen molar-refractivity contribution in [1.82, 2.24) is 9.46 Å². The maximum absolute atomic E-state index is 14.0. The summed E-state index contributed by atoms with van der Waals surface area (Å²) in [6.45, 7) is 2.83. The van der Waals surface area contributed by atoms with Gasteiger partial charge in [0.25, 0.3) is 10.0 Å². The van der Waals surface area contributed by atoms with Gasteiger partial charge in [-0.05, 0) is 32.0 Å². The molecular formula is C13H16FN3O5S2. The van der Waals surface area contributed by atoms with Gasteiger partial charge in [-0.15, -0.1) is 0 Å². The number of aromatic nitrogens is 1. The van der Waals surface area contributed by atoms with E-state index in [1.165, 1.54) is 27.9 Å². The lowest BCUT2D eigenvalue weighted by molar-refractivity contribution is 0.390. The molecule has 0 saturated carbocycles. The number of hydrogen-bond acceptors (Lipinski definition) is 6. The molecule has 0 unspecified atom stereocenters. The number of hydrogen-bond donors (Lipinski definition) is 1. The zero-order valence-electron chi connectivity index (χ0n) is 13.4. The summed E-state index contributed by atoms with van der Waals surface area (Å²) in [6, 6.07) is 2.85. The molecule has 0 amide bonds. The molecule has 132 valence electrons. The predicted molar refractivity (Wildman–Crippen MR) is 84.1 cm³/mol. The number of anilines is 1. The van der Waals surface area contributed by atoms with Gasteiger partial charge in [-0.2, -0.15) is 0 Å². The van der Waals surface area contributed by atoms with Gasteiger partial charge in [0.05, 0.1) is 10.6 Å². The molecule has 0 radical (unpaired) electrons. The molecule has 1 aromatic heterocycles. The van der Waals surface area contributed by atoms with Crippen LogP contribution in [0.1, 0.15) is 11.5 Å². The second-order valence-corrected chi connectivity index (χ2v) is 8.96. The molecule has 0 fully saturated rings. The van der Waals surface area contributed by atoms with Gasteiger partial charge in [0.15, 0.2) is 10.7 Å². The van der Waals surface area contributed by atoms with Gasteiger partial charge in [0.2, 0.25) is 10.0 Å². The minimum absolute atomic E-state index is 0.0393. The monoisotopic (exact) mass is 377 g/mol. The summed E-state index contributed by atoms with van der Waals surface area (Å²) in [5.74, 6) is -0.875. The minimum Gasteiger partial charge on any atom is -0.360 e. The molecule has 24 heavy (non-hydrogen) atoms. The number of benzene rings is 1. The molecule has 0 aliphatic carbocycles. The smallest absolute Gasteiger partial charge is 0.267 e. The molecule has 0 aliphatic heterocycles. The SMILES string of the molecule is Cc1noc(C)c1S(=O)(=O)Nc1cc(S(=O)(=O)N(C)C)ccc1F. The van der Waals surface area contributed by atoms with E-state index < -0.39 is 31.6 Å². The van der Waals surface area contributed by atoms with E-state index in [0.29, 0.717) is 0 Å². The summed E-state index contributed by atoms with van der Waals surface area (Å²) in [7, 11) is -5.41. The third-order valence-electron chi connectivity index (χ3n) is 3.20. The largest absolute Gasteiger partial charge is 0.360 e. The van der Waals surface area contributed by atoms with Crippen LogP contribution in [-0.4, -0.2) is 40.4 Å². The Morgan fingerprint density at radius 2 is 1.79 bits per heavy atom. The number of aryl methyl sites for hydroxylation is 2. The van der Waals surface area contributed by atoms with Crippen molar-refractivity contribution in [3.63, 3.8) is 0 Å². The molecule has 0 bridgehead atoms. The summed E-state index contributed by atoms with van der Waals surface area (Å²) < 4.78 is 70.8. The topological polar surface area (TPSA) is 110 Å². The molecule has 0 spiro atoms. The fraction of sp³-hybridized carbons (Fsp3) is 0.308. The Balaban J connectivity index is 2.51. The first-order valence-electron chi connectivity index (χ1n) is 6.64. The van der Waals surface area contributed by atoms with Crippen molar-refractivity contribution >= 4 is 25.7 Å². The average molecular weight is 377 g/mol. The van der Waals surface area contributed by atoms with Crippen LogP contribution in [0.4, 0.5) is 10.1 Å². The van der Waals surface area contributed by atoms with Gasteiger partial charge in [0, 0.05) is 14.1 Å². The zero-order chi connectivity index (χ0) is 18.3. The number of halogens is 1. The van der Waals surface area contributed by atoms with Crippen molar-refractivity contribution in [2.45, 2.75) is 23.6 Å². The third kappa shape index (κ3) is 3.28. The molecule has 2 rings (SSSR count). The van der Waals surface area contributed by atoms with Crippen LogP contribution in [-0.2, 0) is 20.0 Å². The van der Waals surface area contributed by atoms with Gasteiger partial charge in [-0.3, -0.25) is 4.72 Å². The molecule has 2 aromatic rings. The van der Waals surface area contributed by atoms with Crippen LogP contribution in [0.5, 0.6) is 0 Å². The van der Waals surface area contributed by atoms with Crippen LogP contribution < -0.4 is 4.72 Å². The highest BCUT2D eigenvalue weighted by Crippen LogP contribution is 2.26. The van der Waals surface area contributed by atoms with E-state index in [2.05, 4.69) is 5.16 Å². The van der Waals surface area contributed by atoms with E-state index in [1.807, 2.05) is 4.72 Å². The van der Waals surface area contributed by atoms with E-state index in [9.17, 15) is 21.2 Å². The van der Waals surface area contributed by atoms with Crippen LogP contribution in [0.25, 0.3) is 0 Å². The lowest BCUT2D eigenvalue weighted by atomic mass is 10.3. The van der Waals surface area contributed by atoms with Gasteiger partial charge in [-0.1, -0.05) is 5.16 Å². The number of nitrogens with zero attached hydrogens (tertiary/aromatic N) is 2. The van der Waals surface area contributed by atoms with Crippen LogP contribution >= 0.6 is 0 Å². The van der Waals surface area contributed by atoms with Crippen molar-refractivity contribution in [1.29, 1.82) is 0 Å². The van der Waals surface area contributed by atoms with Crippen LogP contribution in [0, 0.1) is 19.7 Å². The van der Waals surface area contributed by atoms with Crippen molar-refractivity contribution in [2.75, 3.05) is 18.8 Å². The second-order valence-electron chi connectivity index (χ2n) is 5.19. The number of sulfonamides is 2. The van der Waals surface area contributed by atoms with Crippen LogP contribution in [0.3, 0.4) is 0 Å². The molecule has 8 nitrogen and oxygen atoms in total. The van der Waals surface area contributed by atoms with Gasteiger partial charge < -0.3 is 4.52 Å². The van der Waals surface area contributed by atoms with E-state index in [-0.39, 0.29) is 21.2 Å². The van der Waals surface area contributed by atoms with E-state index in [4.69, 9.17) is 4.52 Å². The molecular weight excluding hydrogens is 361 g/mol. The number of nitrogens with one attached hydrogen (secondary N) is 1. The Hall–Kier alpha value is -1.98. The quantitative estimate of drug-likeness (QED) is 0.845. The third-order valence-corrected chi connectivity index (χ3v) is 6.62. The molecule has 0 atom stereocenters. The average Bonchev–Trinajstić information content (AvgIpc) is 2.80. The standard InChI is InChI=1S/C13H16FN3O5S2/c1-8-13(9(2)22-15-8)23(18,19)16-12-7-10(5-6-11(12)14)24(20,21)17(3)4/h5-7,16H,1-4H3. The van der Waals surface area contributed by atoms with Crippen molar-refractivity contribution in [3.8, 4) is 0 Å². The van der Waals surface area contributed by atoms with Crippen molar-refractivity contribution in [2.24, 2.45) is 0 Å². The Kier molecular flexibility index (Phi) is 4.70. The Bertz CT molecular complexity index is 962. The summed E-state index contributed by atoms with van der Waals surface area (Å²) in [6.07, 6.45) is 0. The Morgan fingerprint density at radius 1 is 1.17 bits per heavy atom. The fourth-order valence-corrected chi connectivity index (χ4v) is 4.33. The maximum atomic E-state index is 14.0. The van der Waals surface area contributed by atoms with E-state index in [1.54, 1.807) is 0 Å². The van der Waals surface area contributed by atoms with Crippen molar-refractivity contribution < 1.29 is 25.7 Å². The number of rotatable bonds is 5. The highest BCUT2D eigenvalue weighted by atomic mass is 32.2. The molecule has 0 saturated heterocycles. The zero-order valence-corrected chi connectivity index (χ0v) is 15.0. The highest BCUT2D eigenvalue weighted by Gasteiger charge is 2.26. The molecule has 1 aromatic carbocycles. The summed E-state index contributed by atoms with van der Waals surface area (Å²) in [4.78, 5) is -0.465. The fourth-order valence-electron chi connectivity index (χ4n) is 2.01. The van der Waals surface area contributed by atoms with Crippen molar-refractivity contribution in [3.05, 3.63) is 35.5 Å². The Morgan fingerprint density at radius 3 is 2.29 bits per heavy atom. The highest BCUT2D eigenvalue weighted by molar-refractivity contribution is 7.92.